The van der Waals surface area contributed by atoms with Crippen LogP contribution in [-0.4, -0.2) is 46.2 Å². The fraction of sp³-hybridized carbons (Fsp3) is 0.609. The number of rotatable bonds is 12. The Balaban J connectivity index is 0.000000307. The van der Waals surface area contributed by atoms with Crippen LogP contribution in [0.1, 0.15) is 80.6 Å². The van der Waals surface area contributed by atoms with Crippen LogP contribution in [0.5, 0.6) is 0 Å². The molecule has 5 nitrogen and oxygen atoms in total. The topological polar surface area (TPSA) is 64.0 Å². The maximum absolute atomic E-state index is 10.4. The van der Waals surface area contributed by atoms with E-state index in [0.717, 1.165) is 6.67 Å². The monoisotopic (exact) mass is 390 g/mol. The summed E-state index contributed by atoms with van der Waals surface area (Å²) in [7, 11) is 2.13. The van der Waals surface area contributed by atoms with Gasteiger partial charge in [0.25, 0.3) is 0 Å². The second-order valence-electron chi connectivity index (χ2n) is 7.50. The van der Waals surface area contributed by atoms with Crippen LogP contribution in [-0.2, 0) is 6.61 Å². The molecule has 2 rings (SSSR count). The van der Waals surface area contributed by atoms with Gasteiger partial charge in [-0.15, -0.1) is 0 Å². The molecule has 158 valence electrons. The highest BCUT2D eigenvalue weighted by molar-refractivity contribution is 5.87. The minimum atomic E-state index is -0.972. The summed E-state index contributed by atoms with van der Waals surface area (Å²) in [6.45, 7) is 4.47. The molecule has 0 unspecified atom stereocenters. The molecule has 0 bridgehead atoms. The largest absolute Gasteiger partial charge is 0.478 e. The minimum Gasteiger partial charge on any atom is -0.478 e. The van der Waals surface area contributed by atoms with E-state index in [4.69, 9.17) is 10.2 Å². The molecule has 2 N–H and O–H groups in total. The van der Waals surface area contributed by atoms with Crippen molar-refractivity contribution in [3.05, 3.63) is 47.8 Å². The molecule has 0 spiro atoms. The van der Waals surface area contributed by atoms with Crippen LogP contribution >= 0.6 is 0 Å². The highest BCUT2D eigenvalue weighted by atomic mass is 16.4. The van der Waals surface area contributed by atoms with E-state index in [9.17, 15) is 4.79 Å². The Kier molecular flexibility index (Phi) is 12.9. The number of aliphatic hydroxyl groups is 1. The van der Waals surface area contributed by atoms with Gasteiger partial charge >= 0.3 is 5.97 Å². The molecule has 5 heteroatoms. The van der Waals surface area contributed by atoms with Gasteiger partial charge in [0.2, 0.25) is 0 Å². The third-order valence-electron chi connectivity index (χ3n) is 4.84. The molecule has 1 aromatic carbocycles. The number of carboxylic acids is 1. The molecule has 0 atom stereocenters. The first kappa shape index (κ1) is 24.0. The van der Waals surface area contributed by atoms with Crippen LogP contribution in [0, 0.1) is 0 Å². The number of aliphatic hydroxyl groups excluding tert-OH is 1. The van der Waals surface area contributed by atoms with Gasteiger partial charge in [0, 0.05) is 26.0 Å². The third kappa shape index (κ3) is 11.0. The van der Waals surface area contributed by atoms with Crippen LogP contribution < -0.4 is 0 Å². The van der Waals surface area contributed by atoms with Crippen LogP contribution in [0.4, 0.5) is 0 Å². The van der Waals surface area contributed by atoms with Gasteiger partial charge < -0.3 is 20.0 Å². The van der Waals surface area contributed by atoms with Crippen molar-refractivity contribution in [2.75, 3.05) is 20.3 Å². The number of unbranched alkanes of at least 4 members (excludes halogenated alkanes) is 8. The lowest BCUT2D eigenvalue weighted by atomic mass is 10.1. The molecule has 1 aromatic rings. The first-order valence-corrected chi connectivity index (χ1v) is 10.6. The molecular weight excluding hydrogens is 352 g/mol. The van der Waals surface area contributed by atoms with Gasteiger partial charge in [0.15, 0.2) is 0 Å². The fourth-order valence-electron chi connectivity index (χ4n) is 3.16. The molecule has 0 aromatic heterocycles. The van der Waals surface area contributed by atoms with E-state index < -0.39 is 5.97 Å². The molecule has 1 aliphatic rings. The lowest BCUT2D eigenvalue weighted by Gasteiger charge is -2.17. The van der Waals surface area contributed by atoms with Gasteiger partial charge in [-0.3, -0.25) is 0 Å². The van der Waals surface area contributed by atoms with Gasteiger partial charge in [-0.1, -0.05) is 70.4 Å². The quantitative estimate of drug-likeness (QED) is 0.488. The first-order valence-electron chi connectivity index (χ1n) is 10.6. The van der Waals surface area contributed by atoms with E-state index in [0.29, 0.717) is 5.56 Å². The maximum Gasteiger partial charge on any atom is 0.335 e. The van der Waals surface area contributed by atoms with E-state index in [1.54, 1.807) is 12.1 Å². The lowest BCUT2D eigenvalue weighted by Crippen LogP contribution is -2.23. The summed E-state index contributed by atoms with van der Waals surface area (Å²) in [5.41, 5.74) is 0.821. The normalized spacial score (nSPS) is 12.8. The Labute approximate surface area is 170 Å². The smallest absolute Gasteiger partial charge is 0.335 e. The Morgan fingerprint density at radius 3 is 2.18 bits per heavy atom. The number of nitrogens with zero attached hydrogens (tertiary/aromatic N) is 2. The summed E-state index contributed by atoms with van der Waals surface area (Å²) in [6.07, 6.45) is 17.1. The minimum absolute atomic E-state index is 0.124. The van der Waals surface area contributed by atoms with Crippen molar-refractivity contribution in [2.45, 2.75) is 71.3 Å². The van der Waals surface area contributed by atoms with Crippen molar-refractivity contribution < 1.29 is 15.0 Å². The molecule has 0 saturated heterocycles. The third-order valence-corrected chi connectivity index (χ3v) is 4.84. The molecular formula is C23H38N2O3. The Bertz CT molecular complexity index is 575. The van der Waals surface area contributed by atoms with Gasteiger partial charge in [-0.2, -0.15) is 0 Å². The van der Waals surface area contributed by atoms with E-state index >= 15 is 0 Å². The zero-order valence-electron chi connectivity index (χ0n) is 17.6. The molecule has 1 heterocycles. The Morgan fingerprint density at radius 1 is 1.00 bits per heavy atom. The van der Waals surface area contributed by atoms with Gasteiger partial charge in [0.05, 0.1) is 18.8 Å². The van der Waals surface area contributed by atoms with Gasteiger partial charge in [-0.25, -0.2) is 4.79 Å². The Hall–Kier alpha value is -2.01. The fourth-order valence-corrected chi connectivity index (χ4v) is 3.16. The SMILES string of the molecule is CCCCCCCCCCCN1C=CN(C)C1.O=C(O)c1cccc(CO)c1. The van der Waals surface area contributed by atoms with Crippen molar-refractivity contribution in [3.63, 3.8) is 0 Å². The zero-order valence-corrected chi connectivity index (χ0v) is 17.6. The number of hydrogen-bond acceptors (Lipinski definition) is 4. The van der Waals surface area contributed by atoms with Crippen LogP contribution in [0.3, 0.4) is 0 Å². The molecule has 0 radical (unpaired) electrons. The number of benzene rings is 1. The summed E-state index contributed by atoms with van der Waals surface area (Å²) >= 11 is 0. The number of carbonyl (C=O) groups is 1. The summed E-state index contributed by atoms with van der Waals surface area (Å²) in [4.78, 5) is 15.0. The standard InChI is InChI=1S/C15H30N2.C8H8O3/c1-3-4-5-6-7-8-9-10-11-12-17-14-13-16(2)15-17;9-5-6-2-1-3-7(4-6)8(10)11/h13-14H,3-12,15H2,1-2H3;1-4,9H,5H2,(H,10,11). The van der Waals surface area contributed by atoms with E-state index in [1.807, 2.05) is 0 Å². The van der Waals surface area contributed by atoms with E-state index in [-0.39, 0.29) is 12.2 Å². The number of aromatic carboxylic acids is 1. The average Bonchev–Trinajstić information content (AvgIpc) is 3.12. The van der Waals surface area contributed by atoms with Gasteiger partial charge in [-0.05, 0) is 24.1 Å². The summed E-state index contributed by atoms with van der Waals surface area (Å²) < 4.78 is 0. The maximum atomic E-state index is 10.4. The predicted octanol–water partition coefficient (Wildman–Crippen LogP) is 5.07. The Morgan fingerprint density at radius 2 is 1.64 bits per heavy atom. The molecule has 0 fully saturated rings. The number of carboxylic acid groups (broad SMARTS) is 1. The highest BCUT2D eigenvalue weighted by Crippen LogP contribution is 2.11. The van der Waals surface area contributed by atoms with Crippen molar-refractivity contribution in [1.82, 2.24) is 9.80 Å². The number of hydrogen-bond donors (Lipinski definition) is 2. The van der Waals surface area contributed by atoms with E-state index in [2.05, 4.69) is 36.2 Å². The highest BCUT2D eigenvalue weighted by Gasteiger charge is 2.06. The lowest BCUT2D eigenvalue weighted by molar-refractivity contribution is 0.0696. The molecule has 1 aliphatic heterocycles. The second-order valence-corrected chi connectivity index (χ2v) is 7.50. The van der Waals surface area contributed by atoms with Crippen molar-refractivity contribution in [2.24, 2.45) is 0 Å². The molecule has 0 saturated carbocycles. The van der Waals surface area contributed by atoms with Crippen molar-refractivity contribution in [3.8, 4) is 0 Å². The average molecular weight is 391 g/mol. The predicted molar refractivity (Wildman–Crippen MR) is 115 cm³/mol. The molecule has 28 heavy (non-hydrogen) atoms. The summed E-state index contributed by atoms with van der Waals surface area (Å²) in [5, 5.41) is 17.2. The molecule has 0 amide bonds. The van der Waals surface area contributed by atoms with Crippen molar-refractivity contribution in [1.29, 1.82) is 0 Å². The van der Waals surface area contributed by atoms with Crippen LogP contribution in [0.2, 0.25) is 0 Å². The summed E-state index contributed by atoms with van der Waals surface area (Å²) in [6, 6.07) is 6.21. The summed E-state index contributed by atoms with van der Waals surface area (Å²) in [5.74, 6) is -0.972. The van der Waals surface area contributed by atoms with Crippen LogP contribution in [0.15, 0.2) is 36.7 Å². The molecule has 0 aliphatic carbocycles. The van der Waals surface area contributed by atoms with E-state index in [1.165, 1.54) is 76.5 Å². The van der Waals surface area contributed by atoms with Crippen molar-refractivity contribution >= 4 is 5.97 Å². The zero-order chi connectivity index (χ0) is 20.6. The first-order chi connectivity index (χ1) is 13.6. The second kappa shape index (κ2) is 15.0. The van der Waals surface area contributed by atoms with Gasteiger partial charge in [0.1, 0.15) is 0 Å². The van der Waals surface area contributed by atoms with Crippen LogP contribution in [0.25, 0.3) is 0 Å².